The quantitative estimate of drug-likeness (QED) is 0.502. The van der Waals surface area contributed by atoms with Crippen LogP contribution in [0.1, 0.15) is 10.4 Å². The van der Waals surface area contributed by atoms with Gasteiger partial charge in [0.1, 0.15) is 11.5 Å². The second-order valence-electron chi connectivity index (χ2n) is 4.92. The number of para-hydroxylation sites is 2. The van der Waals surface area contributed by atoms with Crippen molar-refractivity contribution in [1.29, 1.82) is 0 Å². The lowest BCUT2D eigenvalue weighted by Gasteiger charge is -2.20. The molecule has 0 unspecified atom stereocenters. The predicted molar refractivity (Wildman–Crippen MR) is 89.8 cm³/mol. The fourth-order valence-electron chi connectivity index (χ4n) is 2.02. The average molecular weight is 320 g/mol. The van der Waals surface area contributed by atoms with E-state index in [9.17, 15) is 4.79 Å². The van der Waals surface area contributed by atoms with Gasteiger partial charge in [-0.2, -0.15) is 0 Å². The van der Waals surface area contributed by atoms with Crippen molar-refractivity contribution in [2.24, 2.45) is 0 Å². The lowest BCUT2D eigenvalue weighted by molar-refractivity contribution is -0.164. The van der Waals surface area contributed by atoms with Crippen molar-refractivity contribution in [3.05, 3.63) is 96.6 Å². The molecule has 0 aromatic heterocycles. The molecule has 4 heteroatoms. The highest BCUT2D eigenvalue weighted by Crippen LogP contribution is 2.17. The summed E-state index contributed by atoms with van der Waals surface area (Å²) in [5.41, 5.74) is 0.427. The Morgan fingerprint density at radius 1 is 0.625 bits per heavy atom. The van der Waals surface area contributed by atoms with E-state index in [-0.39, 0.29) is 0 Å². The number of hydrogen-bond acceptors (Lipinski definition) is 4. The smallest absolute Gasteiger partial charge is 0.408 e. The monoisotopic (exact) mass is 320 g/mol. The van der Waals surface area contributed by atoms with Crippen LogP contribution >= 0.6 is 0 Å². The van der Waals surface area contributed by atoms with Gasteiger partial charge in [-0.3, -0.25) is 0 Å². The van der Waals surface area contributed by atoms with E-state index in [1.165, 1.54) is 0 Å². The summed E-state index contributed by atoms with van der Waals surface area (Å²) in [6.45, 7) is -1.19. The second-order valence-corrected chi connectivity index (χ2v) is 4.92. The van der Waals surface area contributed by atoms with Gasteiger partial charge in [0.15, 0.2) is 0 Å². The van der Waals surface area contributed by atoms with Crippen LogP contribution in [0.25, 0.3) is 0 Å². The van der Waals surface area contributed by atoms with E-state index in [2.05, 4.69) is 0 Å². The Hall–Kier alpha value is -3.27. The third-order valence-electron chi connectivity index (χ3n) is 3.16. The lowest BCUT2D eigenvalue weighted by atomic mass is 10.2. The molecule has 0 radical (unpaired) electrons. The summed E-state index contributed by atoms with van der Waals surface area (Å²) in [6.07, 6.45) is 0. The van der Waals surface area contributed by atoms with Gasteiger partial charge in [-0.1, -0.05) is 54.6 Å². The first kappa shape index (κ1) is 15.6. The summed E-state index contributed by atoms with van der Waals surface area (Å²) in [5, 5.41) is 0. The molecule has 120 valence electrons. The van der Waals surface area contributed by atoms with Gasteiger partial charge >= 0.3 is 12.4 Å². The van der Waals surface area contributed by atoms with Gasteiger partial charge in [-0.15, -0.1) is 0 Å². The Labute approximate surface area is 140 Å². The first-order valence-corrected chi connectivity index (χ1v) is 7.51. The Kier molecular flexibility index (Phi) is 5.10. The van der Waals surface area contributed by atoms with Crippen LogP contribution in [0.2, 0.25) is 0 Å². The first-order valence-electron chi connectivity index (χ1n) is 7.51. The highest BCUT2D eigenvalue weighted by atomic mass is 16.9. The van der Waals surface area contributed by atoms with Gasteiger partial charge < -0.3 is 14.2 Å². The molecule has 0 heterocycles. The molecule has 3 rings (SSSR count). The molecule has 4 nitrogen and oxygen atoms in total. The minimum absolute atomic E-state index is 0.427. The maximum absolute atomic E-state index is 12.3. The summed E-state index contributed by atoms with van der Waals surface area (Å²) >= 11 is 0. The standard InChI is InChI=1S/C20H16O4/c21-19(16-10-4-1-5-11-16)24-20(22-17-12-6-2-7-13-17)23-18-14-8-3-9-15-18/h1-15,20H. The zero-order chi connectivity index (χ0) is 16.6. The molecule has 0 fully saturated rings. The van der Waals surface area contributed by atoms with Gasteiger partial charge in [0.05, 0.1) is 5.56 Å². The average Bonchev–Trinajstić information content (AvgIpc) is 2.64. The van der Waals surface area contributed by atoms with E-state index >= 15 is 0 Å². The van der Waals surface area contributed by atoms with Crippen LogP contribution in [0.15, 0.2) is 91.0 Å². The van der Waals surface area contributed by atoms with Crippen molar-refractivity contribution in [1.82, 2.24) is 0 Å². The Morgan fingerprint density at radius 3 is 1.50 bits per heavy atom. The van der Waals surface area contributed by atoms with Crippen molar-refractivity contribution < 1.29 is 19.0 Å². The maximum Gasteiger partial charge on any atom is 0.408 e. The van der Waals surface area contributed by atoms with E-state index in [0.717, 1.165) is 0 Å². The second kappa shape index (κ2) is 7.83. The molecule has 3 aromatic carbocycles. The fourth-order valence-corrected chi connectivity index (χ4v) is 2.02. The summed E-state index contributed by atoms with van der Waals surface area (Å²) in [4.78, 5) is 12.3. The number of esters is 1. The van der Waals surface area contributed by atoms with Crippen molar-refractivity contribution in [2.45, 2.75) is 6.48 Å². The highest BCUT2D eigenvalue weighted by Gasteiger charge is 2.19. The molecule has 0 spiro atoms. The van der Waals surface area contributed by atoms with Gasteiger partial charge in [0.2, 0.25) is 0 Å². The lowest BCUT2D eigenvalue weighted by Crippen LogP contribution is -2.30. The molecule has 0 bridgehead atoms. The van der Waals surface area contributed by atoms with E-state index in [1.807, 2.05) is 42.5 Å². The molecule has 3 aromatic rings. The predicted octanol–water partition coefficient (Wildman–Crippen LogP) is 4.29. The van der Waals surface area contributed by atoms with E-state index < -0.39 is 12.4 Å². The van der Waals surface area contributed by atoms with Crippen LogP contribution in [0.4, 0.5) is 0 Å². The van der Waals surface area contributed by atoms with Crippen LogP contribution in [0.5, 0.6) is 11.5 Å². The molecule has 0 amide bonds. The third kappa shape index (κ3) is 4.36. The third-order valence-corrected chi connectivity index (χ3v) is 3.16. The van der Waals surface area contributed by atoms with Crippen LogP contribution in [0, 0.1) is 0 Å². The van der Waals surface area contributed by atoms with Crippen LogP contribution in [0.3, 0.4) is 0 Å². The Balaban J connectivity index is 1.75. The van der Waals surface area contributed by atoms with Crippen molar-refractivity contribution in [3.63, 3.8) is 0 Å². The van der Waals surface area contributed by atoms with Gasteiger partial charge in [0, 0.05) is 0 Å². The van der Waals surface area contributed by atoms with Crippen LogP contribution in [-0.4, -0.2) is 12.4 Å². The normalized spacial score (nSPS) is 10.2. The molecule has 0 aliphatic heterocycles. The van der Waals surface area contributed by atoms with Crippen LogP contribution < -0.4 is 9.47 Å². The highest BCUT2D eigenvalue weighted by molar-refractivity contribution is 5.89. The Bertz CT molecular complexity index is 716. The van der Waals surface area contributed by atoms with Crippen LogP contribution in [-0.2, 0) is 4.74 Å². The number of carbonyl (C=O) groups is 1. The molecular formula is C20H16O4. The Morgan fingerprint density at radius 2 is 1.04 bits per heavy atom. The fraction of sp³-hybridized carbons (Fsp3) is 0.0500. The van der Waals surface area contributed by atoms with Gasteiger partial charge in [0.25, 0.3) is 0 Å². The van der Waals surface area contributed by atoms with E-state index in [4.69, 9.17) is 14.2 Å². The number of carbonyl (C=O) groups excluding carboxylic acids is 1. The summed E-state index contributed by atoms with van der Waals surface area (Å²) in [5.74, 6) is 0.561. The zero-order valence-electron chi connectivity index (χ0n) is 12.9. The topological polar surface area (TPSA) is 44.8 Å². The molecule has 0 N–H and O–H groups in total. The largest absolute Gasteiger partial charge is 0.423 e. The number of hydrogen-bond donors (Lipinski definition) is 0. The van der Waals surface area contributed by atoms with E-state index in [1.54, 1.807) is 48.5 Å². The minimum Gasteiger partial charge on any atom is -0.423 e. The molecule has 24 heavy (non-hydrogen) atoms. The van der Waals surface area contributed by atoms with Crippen molar-refractivity contribution in [2.75, 3.05) is 0 Å². The maximum atomic E-state index is 12.3. The van der Waals surface area contributed by atoms with Crippen molar-refractivity contribution in [3.8, 4) is 11.5 Å². The molecule has 0 aliphatic carbocycles. The molecule has 0 atom stereocenters. The molecule has 0 saturated carbocycles. The first-order chi connectivity index (χ1) is 11.8. The molecule has 0 aliphatic rings. The number of benzene rings is 3. The summed E-state index contributed by atoms with van der Waals surface area (Å²) in [6, 6.07) is 26.8. The molecule has 0 saturated heterocycles. The summed E-state index contributed by atoms with van der Waals surface area (Å²) < 4.78 is 16.7. The minimum atomic E-state index is -1.19. The van der Waals surface area contributed by atoms with Gasteiger partial charge in [-0.25, -0.2) is 4.79 Å². The number of rotatable bonds is 6. The van der Waals surface area contributed by atoms with Gasteiger partial charge in [-0.05, 0) is 36.4 Å². The van der Waals surface area contributed by atoms with E-state index in [0.29, 0.717) is 17.1 Å². The zero-order valence-corrected chi connectivity index (χ0v) is 12.9. The SMILES string of the molecule is O=C(OC(Oc1ccccc1)Oc1ccccc1)c1ccccc1. The van der Waals surface area contributed by atoms with Crippen molar-refractivity contribution >= 4 is 5.97 Å². The number of ether oxygens (including phenoxy) is 3. The molecular weight excluding hydrogens is 304 g/mol. The summed E-state index contributed by atoms with van der Waals surface area (Å²) in [7, 11) is 0.